The molecule has 64 valence electrons. The third-order valence-corrected chi connectivity index (χ3v) is 2.95. The summed E-state index contributed by atoms with van der Waals surface area (Å²) in [5.74, 6) is 0.729. The molecule has 3 heteroatoms. The van der Waals surface area contributed by atoms with E-state index < -0.39 is 0 Å². The first-order valence-electron chi connectivity index (χ1n) is 4.07. The maximum atomic E-state index is 5.44. The smallest absolute Gasteiger partial charge is 0.192 e. The number of aryl methyl sites for hydroxylation is 1. The molecule has 0 bridgehead atoms. The van der Waals surface area contributed by atoms with Gasteiger partial charge < -0.3 is 4.42 Å². The Morgan fingerprint density at radius 1 is 1.38 bits per heavy atom. The van der Waals surface area contributed by atoms with Gasteiger partial charge in [0.05, 0.1) is 0 Å². The van der Waals surface area contributed by atoms with E-state index in [1.165, 1.54) is 10.1 Å². The van der Waals surface area contributed by atoms with Crippen LogP contribution in [0.3, 0.4) is 0 Å². The van der Waals surface area contributed by atoms with Gasteiger partial charge in [-0.2, -0.15) is 0 Å². The van der Waals surface area contributed by atoms with Crippen LogP contribution >= 0.6 is 11.3 Å². The molecule has 0 radical (unpaired) electrons. The van der Waals surface area contributed by atoms with E-state index in [-0.39, 0.29) is 0 Å². The third-order valence-electron chi connectivity index (χ3n) is 2.07. The molecule has 0 saturated carbocycles. The lowest BCUT2D eigenvalue weighted by atomic mass is 10.2. The highest BCUT2D eigenvalue weighted by Crippen LogP contribution is 2.26. The molecule has 0 N–H and O–H groups in total. The Balaban J connectivity index is 2.54. The molecule has 0 saturated heterocycles. The molecule has 0 aliphatic heterocycles. The van der Waals surface area contributed by atoms with Gasteiger partial charge in [0.2, 0.25) is 0 Å². The molecule has 0 fully saturated rings. The molecule has 0 aliphatic rings. The van der Waals surface area contributed by atoms with Crippen molar-refractivity contribution in [1.29, 1.82) is 0 Å². The van der Waals surface area contributed by atoms with E-state index in [1.807, 2.05) is 6.92 Å². The zero-order chi connectivity index (χ0) is 8.84. The number of fused-ring (bicyclic) bond motifs is 2. The van der Waals surface area contributed by atoms with E-state index in [9.17, 15) is 0 Å². The zero-order valence-electron chi connectivity index (χ0n) is 7.07. The number of hydrogen-bond acceptors (Lipinski definition) is 3. The van der Waals surface area contributed by atoms with E-state index in [0.29, 0.717) is 0 Å². The van der Waals surface area contributed by atoms with Crippen LogP contribution in [0.2, 0.25) is 0 Å². The van der Waals surface area contributed by atoms with Crippen molar-refractivity contribution in [3.63, 3.8) is 0 Å². The van der Waals surface area contributed by atoms with Crippen LogP contribution in [0.15, 0.2) is 28.0 Å². The predicted molar refractivity (Wildman–Crippen MR) is 54.1 cm³/mol. The molecular formula is C10H7NOS. The highest BCUT2D eigenvalue weighted by Gasteiger charge is 2.04. The maximum absolute atomic E-state index is 5.44. The molecule has 0 amide bonds. The minimum atomic E-state index is 0.729. The number of oxazole rings is 1. The second kappa shape index (κ2) is 2.33. The Labute approximate surface area is 78.8 Å². The van der Waals surface area contributed by atoms with Crippen LogP contribution in [-0.2, 0) is 0 Å². The first kappa shape index (κ1) is 7.09. The predicted octanol–water partition coefficient (Wildman–Crippen LogP) is 3.35. The van der Waals surface area contributed by atoms with Crippen LogP contribution in [0.4, 0.5) is 0 Å². The van der Waals surface area contributed by atoms with Crippen molar-refractivity contribution in [1.82, 2.24) is 4.98 Å². The van der Waals surface area contributed by atoms with Gasteiger partial charge in [-0.25, -0.2) is 4.98 Å². The number of nitrogens with zero attached hydrogens (tertiary/aromatic N) is 1. The number of rotatable bonds is 0. The molecule has 0 atom stereocenters. The minimum absolute atomic E-state index is 0.729. The van der Waals surface area contributed by atoms with Crippen LogP contribution in [0.25, 0.3) is 21.2 Å². The summed E-state index contributed by atoms with van der Waals surface area (Å²) < 4.78 is 6.69. The van der Waals surface area contributed by atoms with Crippen LogP contribution < -0.4 is 0 Å². The Bertz CT molecular complexity index is 531. The second-order valence-electron chi connectivity index (χ2n) is 3.01. The van der Waals surface area contributed by atoms with Crippen molar-refractivity contribution in [3.05, 3.63) is 29.5 Å². The second-order valence-corrected chi connectivity index (χ2v) is 3.96. The Kier molecular flexibility index (Phi) is 1.27. The highest BCUT2D eigenvalue weighted by atomic mass is 32.1. The zero-order valence-corrected chi connectivity index (χ0v) is 7.89. The monoisotopic (exact) mass is 189 g/mol. The summed E-state index contributed by atoms with van der Waals surface area (Å²) in [6.07, 6.45) is 0. The molecular weight excluding hydrogens is 182 g/mol. The van der Waals surface area contributed by atoms with Crippen LogP contribution in [0, 0.1) is 6.92 Å². The summed E-state index contributed by atoms with van der Waals surface area (Å²) >= 11 is 1.72. The molecule has 2 aromatic heterocycles. The van der Waals surface area contributed by atoms with Crippen LogP contribution in [-0.4, -0.2) is 4.98 Å². The summed E-state index contributed by atoms with van der Waals surface area (Å²) in [4.78, 5) is 4.28. The highest BCUT2D eigenvalue weighted by molar-refractivity contribution is 7.17. The molecule has 2 nitrogen and oxygen atoms in total. The molecule has 0 spiro atoms. The molecule has 2 heterocycles. The van der Waals surface area contributed by atoms with Crippen molar-refractivity contribution >= 4 is 32.5 Å². The van der Waals surface area contributed by atoms with Crippen molar-refractivity contribution < 1.29 is 4.42 Å². The van der Waals surface area contributed by atoms with Crippen LogP contribution in [0.5, 0.6) is 0 Å². The topological polar surface area (TPSA) is 26.0 Å². The lowest BCUT2D eigenvalue weighted by molar-refractivity contribution is 0.561. The van der Waals surface area contributed by atoms with E-state index >= 15 is 0 Å². The summed E-state index contributed by atoms with van der Waals surface area (Å²) in [6, 6.07) is 6.22. The molecule has 13 heavy (non-hydrogen) atoms. The van der Waals surface area contributed by atoms with Crippen molar-refractivity contribution in [2.45, 2.75) is 6.92 Å². The number of hydrogen-bond donors (Lipinski definition) is 0. The molecule has 3 rings (SSSR count). The lowest BCUT2D eigenvalue weighted by Gasteiger charge is -1.87. The summed E-state index contributed by atoms with van der Waals surface area (Å²) in [5, 5.41) is 3.32. The lowest BCUT2D eigenvalue weighted by Crippen LogP contribution is -1.67. The van der Waals surface area contributed by atoms with Gasteiger partial charge in [0.15, 0.2) is 11.5 Å². The van der Waals surface area contributed by atoms with Gasteiger partial charge in [0.1, 0.15) is 5.52 Å². The van der Waals surface area contributed by atoms with Crippen molar-refractivity contribution in [2.75, 3.05) is 0 Å². The van der Waals surface area contributed by atoms with Gasteiger partial charge in [-0.3, -0.25) is 0 Å². The van der Waals surface area contributed by atoms with E-state index in [0.717, 1.165) is 17.0 Å². The maximum Gasteiger partial charge on any atom is 0.192 e. The minimum Gasteiger partial charge on any atom is -0.441 e. The summed E-state index contributed by atoms with van der Waals surface area (Å²) in [6.45, 7) is 1.87. The Hall–Kier alpha value is -1.35. The Morgan fingerprint density at radius 3 is 3.23 bits per heavy atom. The fourth-order valence-electron chi connectivity index (χ4n) is 1.50. The number of aromatic nitrogens is 1. The normalized spacial score (nSPS) is 11.5. The van der Waals surface area contributed by atoms with Gasteiger partial charge in [0.25, 0.3) is 0 Å². The average molecular weight is 189 g/mol. The van der Waals surface area contributed by atoms with Gasteiger partial charge in [-0.1, -0.05) is 0 Å². The quantitative estimate of drug-likeness (QED) is 0.542. The van der Waals surface area contributed by atoms with Crippen molar-refractivity contribution in [2.24, 2.45) is 0 Å². The van der Waals surface area contributed by atoms with Gasteiger partial charge in [0, 0.05) is 17.7 Å². The number of benzene rings is 1. The average Bonchev–Trinajstić information content (AvgIpc) is 2.63. The summed E-state index contributed by atoms with van der Waals surface area (Å²) in [7, 11) is 0. The fourth-order valence-corrected chi connectivity index (χ4v) is 2.30. The number of thiophene rings is 1. The van der Waals surface area contributed by atoms with Crippen molar-refractivity contribution in [3.8, 4) is 0 Å². The van der Waals surface area contributed by atoms with E-state index in [2.05, 4.69) is 28.6 Å². The van der Waals surface area contributed by atoms with E-state index in [1.54, 1.807) is 11.3 Å². The third kappa shape index (κ3) is 0.971. The standard InChI is InChI=1S/C10H7NOS/c1-6-11-8-4-7-2-3-13-10(7)5-9(8)12-6/h2-5H,1H3. The first-order chi connectivity index (χ1) is 6.33. The van der Waals surface area contributed by atoms with Gasteiger partial charge in [-0.15, -0.1) is 11.3 Å². The van der Waals surface area contributed by atoms with Gasteiger partial charge >= 0.3 is 0 Å². The molecule has 0 aliphatic carbocycles. The molecule has 0 unspecified atom stereocenters. The molecule has 3 aromatic rings. The fraction of sp³-hybridized carbons (Fsp3) is 0.100. The van der Waals surface area contributed by atoms with Gasteiger partial charge in [-0.05, 0) is 22.9 Å². The SMILES string of the molecule is Cc1nc2cc3ccsc3cc2o1. The Morgan fingerprint density at radius 2 is 2.31 bits per heavy atom. The summed E-state index contributed by atoms with van der Waals surface area (Å²) in [5.41, 5.74) is 1.83. The first-order valence-corrected chi connectivity index (χ1v) is 4.95. The molecule has 1 aromatic carbocycles. The van der Waals surface area contributed by atoms with E-state index in [4.69, 9.17) is 4.42 Å². The largest absolute Gasteiger partial charge is 0.441 e. The van der Waals surface area contributed by atoms with Crippen LogP contribution in [0.1, 0.15) is 5.89 Å².